The summed E-state index contributed by atoms with van der Waals surface area (Å²) in [6, 6.07) is 2.02. The fourth-order valence-corrected chi connectivity index (χ4v) is 4.41. The Morgan fingerprint density at radius 2 is 2.11 bits per heavy atom. The van der Waals surface area contributed by atoms with Crippen molar-refractivity contribution in [2.24, 2.45) is 17.8 Å². The van der Waals surface area contributed by atoms with Gasteiger partial charge in [0.05, 0.1) is 43.8 Å². The van der Waals surface area contributed by atoms with Gasteiger partial charge < -0.3 is 15.0 Å². The predicted molar refractivity (Wildman–Crippen MR) is 95.1 cm³/mol. The number of rotatable bonds is 5. The van der Waals surface area contributed by atoms with Gasteiger partial charge in [0.25, 0.3) is 0 Å². The van der Waals surface area contributed by atoms with Crippen molar-refractivity contribution in [3.8, 4) is 6.07 Å². The first kappa shape index (κ1) is 18.0. The summed E-state index contributed by atoms with van der Waals surface area (Å²) in [5.41, 5.74) is 3.04. The van der Waals surface area contributed by atoms with Crippen LogP contribution >= 0.6 is 0 Å². The second kappa shape index (κ2) is 6.97. The number of carbonyl (C=O) groups excluding carboxylic acids is 2. The first-order valence-corrected chi connectivity index (χ1v) is 9.60. The number of carbonyl (C=O) groups is 2. The van der Waals surface area contributed by atoms with Crippen molar-refractivity contribution in [3.05, 3.63) is 17.0 Å². The van der Waals surface area contributed by atoms with Crippen LogP contribution in [0, 0.1) is 29.1 Å². The Labute approximate surface area is 158 Å². The molecule has 2 amide bonds. The van der Waals surface area contributed by atoms with Crippen LogP contribution in [0.2, 0.25) is 0 Å². The number of hydrogen-bond donors (Lipinski definition) is 1. The Kier molecular flexibility index (Phi) is 4.64. The van der Waals surface area contributed by atoms with Gasteiger partial charge in [-0.2, -0.15) is 10.4 Å². The van der Waals surface area contributed by atoms with Gasteiger partial charge in [0, 0.05) is 24.1 Å². The Morgan fingerprint density at radius 1 is 1.37 bits per heavy atom. The topological polar surface area (TPSA) is 100 Å². The maximum Gasteiger partial charge on any atom is 0.234 e. The predicted octanol–water partition coefficient (Wildman–Crippen LogP) is 0.771. The van der Waals surface area contributed by atoms with Gasteiger partial charge in [-0.25, -0.2) is 0 Å². The minimum absolute atomic E-state index is 0.139. The van der Waals surface area contributed by atoms with E-state index in [0.717, 1.165) is 36.6 Å². The average Bonchev–Trinajstić information content (AvgIpc) is 2.99. The molecule has 4 rings (SSSR count). The van der Waals surface area contributed by atoms with Crippen LogP contribution in [0.4, 0.5) is 0 Å². The summed E-state index contributed by atoms with van der Waals surface area (Å²) in [4.78, 5) is 26.5. The van der Waals surface area contributed by atoms with Gasteiger partial charge in [-0.1, -0.05) is 0 Å². The smallest absolute Gasteiger partial charge is 0.234 e. The van der Waals surface area contributed by atoms with Crippen LogP contribution in [0.5, 0.6) is 0 Å². The lowest BCUT2D eigenvalue weighted by Crippen LogP contribution is -2.39. The molecule has 1 aliphatic carbocycles. The quantitative estimate of drug-likeness (QED) is 0.824. The largest absolute Gasteiger partial charge is 0.381 e. The molecule has 0 bridgehead atoms. The minimum Gasteiger partial charge on any atom is -0.381 e. The number of amides is 2. The fraction of sp³-hybridized carbons (Fsp3) is 0.684. The highest BCUT2D eigenvalue weighted by Crippen LogP contribution is 2.51. The highest BCUT2D eigenvalue weighted by Gasteiger charge is 2.59. The van der Waals surface area contributed by atoms with Gasteiger partial charge in [-0.15, -0.1) is 0 Å². The van der Waals surface area contributed by atoms with E-state index in [0.29, 0.717) is 31.5 Å². The molecule has 3 aliphatic rings. The van der Waals surface area contributed by atoms with E-state index in [1.165, 1.54) is 0 Å². The first-order chi connectivity index (χ1) is 13.0. The van der Waals surface area contributed by atoms with E-state index >= 15 is 0 Å². The van der Waals surface area contributed by atoms with Crippen LogP contribution < -0.4 is 5.32 Å². The summed E-state index contributed by atoms with van der Waals surface area (Å²) in [7, 11) is 0. The van der Waals surface area contributed by atoms with Gasteiger partial charge in [0.1, 0.15) is 6.42 Å². The molecular formula is C19H25N5O3. The number of nitrogens with one attached hydrogen (secondary N) is 1. The molecular weight excluding hydrogens is 346 g/mol. The molecule has 27 heavy (non-hydrogen) atoms. The zero-order valence-electron chi connectivity index (χ0n) is 15.8. The molecule has 0 radical (unpaired) electrons. The van der Waals surface area contributed by atoms with Gasteiger partial charge >= 0.3 is 0 Å². The molecule has 8 heteroatoms. The van der Waals surface area contributed by atoms with Crippen LogP contribution in [0.25, 0.3) is 0 Å². The van der Waals surface area contributed by atoms with E-state index in [2.05, 4.69) is 19.2 Å². The normalized spacial score (nSPS) is 25.7. The van der Waals surface area contributed by atoms with Crippen molar-refractivity contribution in [2.75, 3.05) is 19.8 Å². The van der Waals surface area contributed by atoms with E-state index in [1.54, 1.807) is 0 Å². The molecule has 1 saturated heterocycles. The van der Waals surface area contributed by atoms with E-state index < -0.39 is 0 Å². The number of fused-ring (bicyclic) bond motifs is 2. The number of nitrogens with zero attached hydrogens (tertiary/aromatic N) is 4. The van der Waals surface area contributed by atoms with Crippen molar-refractivity contribution < 1.29 is 14.3 Å². The molecule has 1 aromatic rings. The van der Waals surface area contributed by atoms with Crippen molar-refractivity contribution in [1.29, 1.82) is 5.26 Å². The molecule has 3 heterocycles. The molecule has 3 atom stereocenters. The fourth-order valence-electron chi connectivity index (χ4n) is 4.41. The first-order valence-electron chi connectivity index (χ1n) is 9.60. The van der Waals surface area contributed by atoms with Gasteiger partial charge in [-0.05, 0) is 32.1 Å². The standard InChI is InChI=1S/C19H25N5O3/c1-11(2)24-16-8-23(19(26)18-13-9-27-10-14(13)18)6-4-12(16)15(22-24)7-21-17(25)3-5-20/h11,13-14,18H,3-4,6-10H2,1-2H3,(H,21,25)/t13-,14+,18?. The average molecular weight is 371 g/mol. The molecule has 1 aromatic heterocycles. The lowest BCUT2D eigenvalue weighted by molar-refractivity contribution is -0.135. The van der Waals surface area contributed by atoms with Crippen LogP contribution in [0.3, 0.4) is 0 Å². The summed E-state index contributed by atoms with van der Waals surface area (Å²) in [6.45, 7) is 7.14. The number of hydrogen-bond acceptors (Lipinski definition) is 5. The van der Waals surface area contributed by atoms with E-state index in [1.807, 2.05) is 15.7 Å². The van der Waals surface area contributed by atoms with E-state index in [9.17, 15) is 9.59 Å². The van der Waals surface area contributed by atoms with Crippen molar-refractivity contribution in [2.45, 2.75) is 45.8 Å². The Hall–Kier alpha value is -2.40. The third kappa shape index (κ3) is 3.21. The maximum atomic E-state index is 12.9. The second-order valence-electron chi connectivity index (χ2n) is 7.92. The molecule has 0 spiro atoms. The number of ether oxygens (including phenoxy) is 1. The van der Waals surface area contributed by atoms with Gasteiger partial charge in [0.2, 0.25) is 11.8 Å². The molecule has 8 nitrogen and oxygen atoms in total. The third-order valence-corrected chi connectivity index (χ3v) is 5.90. The molecule has 1 unspecified atom stereocenters. The van der Waals surface area contributed by atoms with Crippen molar-refractivity contribution in [3.63, 3.8) is 0 Å². The second-order valence-corrected chi connectivity index (χ2v) is 7.92. The highest BCUT2D eigenvalue weighted by atomic mass is 16.5. The Bertz CT molecular complexity index is 799. The molecule has 2 aliphatic heterocycles. The van der Waals surface area contributed by atoms with E-state index in [-0.39, 0.29) is 30.2 Å². The summed E-state index contributed by atoms with van der Waals surface area (Å²) in [6.07, 6.45) is 0.596. The summed E-state index contributed by atoms with van der Waals surface area (Å²) in [5, 5.41) is 16.1. The third-order valence-electron chi connectivity index (χ3n) is 5.90. The van der Waals surface area contributed by atoms with Gasteiger partial charge in [0.15, 0.2) is 0 Å². The summed E-state index contributed by atoms with van der Waals surface area (Å²) in [5.74, 6) is 0.930. The molecule has 2 fully saturated rings. The van der Waals surface area contributed by atoms with Crippen molar-refractivity contribution >= 4 is 11.8 Å². The lowest BCUT2D eigenvalue weighted by atomic mass is 10.0. The molecule has 1 saturated carbocycles. The summed E-state index contributed by atoms with van der Waals surface area (Å²) < 4.78 is 7.38. The Balaban J connectivity index is 1.49. The zero-order chi connectivity index (χ0) is 19.1. The number of aromatic nitrogens is 2. The zero-order valence-corrected chi connectivity index (χ0v) is 15.8. The molecule has 0 aromatic carbocycles. The maximum absolute atomic E-state index is 12.9. The highest BCUT2D eigenvalue weighted by molar-refractivity contribution is 5.83. The summed E-state index contributed by atoms with van der Waals surface area (Å²) >= 11 is 0. The van der Waals surface area contributed by atoms with Crippen LogP contribution in [-0.4, -0.2) is 46.3 Å². The van der Waals surface area contributed by atoms with Crippen LogP contribution in [-0.2, 0) is 33.8 Å². The van der Waals surface area contributed by atoms with Crippen LogP contribution in [0.15, 0.2) is 0 Å². The molecule has 1 N–H and O–H groups in total. The monoisotopic (exact) mass is 371 g/mol. The SMILES string of the molecule is CC(C)n1nc(CNC(=O)CC#N)c2c1CN(C(=O)C1[C@H]3COC[C@@H]13)CC2. The van der Waals surface area contributed by atoms with E-state index in [4.69, 9.17) is 15.1 Å². The van der Waals surface area contributed by atoms with Crippen molar-refractivity contribution in [1.82, 2.24) is 20.0 Å². The van der Waals surface area contributed by atoms with Gasteiger partial charge in [-0.3, -0.25) is 14.3 Å². The lowest BCUT2D eigenvalue weighted by Gasteiger charge is -2.29. The Morgan fingerprint density at radius 3 is 2.78 bits per heavy atom. The molecule has 144 valence electrons. The number of nitriles is 1. The minimum atomic E-state index is -0.291. The van der Waals surface area contributed by atoms with Crippen LogP contribution in [0.1, 0.15) is 43.3 Å².